The van der Waals surface area contributed by atoms with E-state index in [4.69, 9.17) is 16.0 Å². The smallest absolute Gasteiger partial charge is 0.147 e. The van der Waals surface area contributed by atoms with E-state index >= 15 is 0 Å². The second-order valence-corrected chi connectivity index (χ2v) is 3.83. The van der Waals surface area contributed by atoms with Gasteiger partial charge < -0.3 is 21.1 Å². The first kappa shape index (κ1) is 9.95. The molecule has 4 nitrogen and oxygen atoms in total. The first-order valence-electron chi connectivity index (χ1n) is 4.25. The van der Waals surface area contributed by atoms with Gasteiger partial charge in [-0.2, -0.15) is 0 Å². The average molecular weight is 222 g/mol. The van der Waals surface area contributed by atoms with Gasteiger partial charge >= 0.3 is 0 Å². The molecule has 2 aromatic carbocycles. The highest BCUT2D eigenvalue weighted by Gasteiger charge is 2.10. The van der Waals surface area contributed by atoms with Crippen LogP contribution in [0.3, 0.4) is 0 Å². The summed E-state index contributed by atoms with van der Waals surface area (Å²) in [5, 5.41) is 11.2. The van der Waals surface area contributed by atoms with E-state index in [2.05, 4.69) is 0 Å². The van der Waals surface area contributed by atoms with E-state index in [0.29, 0.717) is 28.0 Å². The topological polar surface area (TPSA) is 92.5 Å². The van der Waals surface area contributed by atoms with Crippen LogP contribution in [-0.4, -0.2) is 9.66 Å². The molecule has 0 heterocycles. The summed E-state index contributed by atoms with van der Waals surface area (Å²) in [6, 6.07) is 6.84. The van der Waals surface area contributed by atoms with Crippen molar-refractivity contribution in [1.82, 2.24) is 0 Å². The van der Waals surface area contributed by atoms with Crippen LogP contribution in [0.15, 0.2) is 29.2 Å². The Morgan fingerprint density at radius 2 is 1.87 bits per heavy atom. The van der Waals surface area contributed by atoms with Gasteiger partial charge in [0.1, 0.15) is 5.75 Å². The highest BCUT2D eigenvalue weighted by Crippen LogP contribution is 2.38. The molecule has 0 atom stereocenters. The highest BCUT2D eigenvalue weighted by molar-refractivity contribution is 7.94. The Bertz CT molecular complexity index is 528. The van der Waals surface area contributed by atoms with Gasteiger partial charge in [0.2, 0.25) is 0 Å². The van der Waals surface area contributed by atoms with E-state index < -0.39 is 0 Å². The quantitative estimate of drug-likeness (QED) is 0.337. The fourth-order valence-corrected chi connectivity index (χ4v) is 1.84. The molecule has 15 heavy (non-hydrogen) atoms. The monoisotopic (exact) mass is 222 g/mol. The van der Waals surface area contributed by atoms with Crippen LogP contribution in [0.4, 0.5) is 11.4 Å². The molecule has 2 rings (SSSR count). The zero-order valence-corrected chi connectivity index (χ0v) is 8.58. The summed E-state index contributed by atoms with van der Waals surface area (Å²) in [5.74, 6) is -0.0450. The molecule has 2 aromatic rings. The molecular weight excluding hydrogens is 212 g/mol. The number of phenols is 1. The molecule has 0 bridgehead atoms. The van der Waals surface area contributed by atoms with Gasteiger partial charge in [-0.1, -0.05) is 6.07 Å². The summed E-state index contributed by atoms with van der Waals surface area (Å²) in [6.45, 7) is 0. The Balaban J connectivity index is 2.84. The summed E-state index contributed by atoms with van der Waals surface area (Å²) in [4.78, 5) is 0.435. The van der Waals surface area contributed by atoms with E-state index in [1.54, 1.807) is 24.3 Å². The minimum Gasteiger partial charge on any atom is -0.505 e. The summed E-state index contributed by atoms with van der Waals surface area (Å²) >= 11 is 0.512. The van der Waals surface area contributed by atoms with Crippen molar-refractivity contribution in [3.8, 4) is 5.75 Å². The Morgan fingerprint density at radius 3 is 2.53 bits per heavy atom. The number of fused-ring (bicyclic) bond motifs is 1. The minimum atomic E-state index is -0.0450. The molecule has 0 aromatic heterocycles. The van der Waals surface area contributed by atoms with Crippen LogP contribution in [0.25, 0.3) is 10.8 Å². The third-order valence-corrected chi connectivity index (χ3v) is 2.77. The van der Waals surface area contributed by atoms with Crippen LogP contribution in [0.1, 0.15) is 0 Å². The fourth-order valence-electron chi connectivity index (χ4n) is 1.46. The van der Waals surface area contributed by atoms with Gasteiger partial charge in [-0.25, -0.2) is 0 Å². The Morgan fingerprint density at radius 1 is 1.13 bits per heavy atom. The molecule has 6 N–H and O–H groups in total. The molecule has 78 valence electrons. The lowest BCUT2D eigenvalue weighted by molar-refractivity contribution is 0.483. The predicted octanol–water partition coefficient (Wildman–Crippen LogP) is 2.27. The van der Waals surface area contributed by atoms with E-state index in [1.807, 2.05) is 0 Å². The molecule has 0 saturated carbocycles. The number of rotatable bonds is 1. The Hall–Kier alpha value is -1.59. The number of anilines is 2. The zero-order chi connectivity index (χ0) is 11.0. The highest BCUT2D eigenvalue weighted by atomic mass is 32.2. The largest absolute Gasteiger partial charge is 0.505 e. The maximum Gasteiger partial charge on any atom is 0.147 e. The second kappa shape index (κ2) is 3.52. The molecule has 0 saturated heterocycles. The molecule has 0 radical (unpaired) electrons. The number of aromatic hydroxyl groups is 1. The van der Waals surface area contributed by atoms with Gasteiger partial charge in [0.05, 0.1) is 10.6 Å². The van der Waals surface area contributed by atoms with Gasteiger partial charge in [-0.15, -0.1) is 0 Å². The first-order chi connectivity index (χ1) is 7.13. The van der Waals surface area contributed by atoms with Gasteiger partial charge in [-0.3, -0.25) is 0 Å². The molecule has 0 aliphatic carbocycles. The predicted molar refractivity (Wildman–Crippen MR) is 62.9 cm³/mol. The van der Waals surface area contributed by atoms with Crippen LogP contribution in [0.2, 0.25) is 0 Å². The van der Waals surface area contributed by atoms with Crippen molar-refractivity contribution >= 4 is 34.2 Å². The third-order valence-electron chi connectivity index (χ3n) is 2.24. The number of nitrogen functional groups attached to an aromatic ring is 2. The molecule has 0 spiro atoms. The fraction of sp³-hybridized carbons (Fsp3) is 0. The Kier molecular flexibility index (Phi) is 2.34. The van der Waals surface area contributed by atoms with Gasteiger partial charge in [-0.05, 0) is 23.6 Å². The van der Waals surface area contributed by atoms with Crippen molar-refractivity contribution in [2.24, 2.45) is 0 Å². The molecule has 0 aliphatic rings. The lowest BCUT2D eigenvalue weighted by atomic mass is 10.1. The summed E-state index contributed by atoms with van der Waals surface area (Å²) in [5.41, 5.74) is 12.0. The van der Waals surface area contributed by atoms with E-state index in [1.165, 1.54) is 0 Å². The van der Waals surface area contributed by atoms with Crippen LogP contribution in [-0.2, 0) is 0 Å². The van der Waals surface area contributed by atoms with Crippen LogP contribution in [0, 0.1) is 0 Å². The number of hydrogen-bond acceptors (Lipinski definition) is 5. The molecule has 0 aliphatic heterocycles. The van der Waals surface area contributed by atoms with Gasteiger partial charge in [0.15, 0.2) is 0 Å². The maximum absolute atomic E-state index is 9.79. The van der Waals surface area contributed by atoms with E-state index in [0.717, 1.165) is 5.39 Å². The summed E-state index contributed by atoms with van der Waals surface area (Å²) < 4.78 is 8.96. The molecule has 5 heteroatoms. The molecular formula is C10H10N2O2S. The summed E-state index contributed by atoms with van der Waals surface area (Å²) in [7, 11) is 0. The SMILES string of the molecule is Nc1ccc2cc(SO)c(N)c(O)c2c1. The summed E-state index contributed by atoms with van der Waals surface area (Å²) in [6.07, 6.45) is 0. The third kappa shape index (κ3) is 1.55. The van der Waals surface area contributed by atoms with Crippen molar-refractivity contribution in [3.05, 3.63) is 24.3 Å². The first-order valence-corrected chi connectivity index (χ1v) is 5.03. The van der Waals surface area contributed by atoms with Crippen molar-refractivity contribution in [1.29, 1.82) is 0 Å². The maximum atomic E-state index is 9.79. The van der Waals surface area contributed by atoms with Crippen molar-refractivity contribution in [2.75, 3.05) is 11.5 Å². The Labute approximate surface area is 90.7 Å². The lowest BCUT2D eigenvalue weighted by Crippen LogP contribution is -1.91. The van der Waals surface area contributed by atoms with E-state index in [-0.39, 0.29) is 11.4 Å². The average Bonchev–Trinajstić information content (AvgIpc) is 2.24. The van der Waals surface area contributed by atoms with Gasteiger partial charge in [0.25, 0.3) is 0 Å². The van der Waals surface area contributed by atoms with Gasteiger partial charge in [0, 0.05) is 23.1 Å². The number of hydrogen-bond donors (Lipinski definition) is 4. The number of phenolic OH excluding ortho intramolecular Hbond substituents is 1. The van der Waals surface area contributed by atoms with Crippen molar-refractivity contribution < 1.29 is 9.66 Å². The molecule has 0 fully saturated rings. The van der Waals surface area contributed by atoms with Crippen LogP contribution < -0.4 is 11.5 Å². The van der Waals surface area contributed by atoms with Crippen LogP contribution >= 0.6 is 12.0 Å². The second-order valence-electron chi connectivity index (χ2n) is 3.21. The zero-order valence-electron chi connectivity index (χ0n) is 7.77. The molecule has 0 unspecified atom stereocenters. The molecule has 0 amide bonds. The van der Waals surface area contributed by atoms with Crippen molar-refractivity contribution in [3.63, 3.8) is 0 Å². The standard InChI is InChI=1S/C10H10N2O2S/c11-6-2-1-5-3-8(15-14)9(12)10(13)7(5)4-6/h1-4,13-14H,11-12H2. The number of nitrogens with two attached hydrogens (primary N) is 2. The van der Waals surface area contributed by atoms with E-state index in [9.17, 15) is 5.11 Å². The van der Waals surface area contributed by atoms with Crippen LogP contribution in [0.5, 0.6) is 5.75 Å². The normalized spacial score (nSPS) is 10.7. The van der Waals surface area contributed by atoms with Crippen molar-refractivity contribution in [2.45, 2.75) is 4.90 Å². The minimum absolute atomic E-state index is 0.0450. The lowest BCUT2D eigenvalue weighted by Gasteiger charge is -2.08. The number of benzene rings is 2.